The van der Waals surface area contributed by atoms with Crippen molar-refractivity contribution < 1.29 is 19.5 Å². The fraction of sp³-hybridized carbons (Fsp3) is 0. The molecule has 0 bridgehead atoms. The summed E-state index contributed by atoms with van der Waals surface area (Å²) in [7, 11) is 0. The summed E-state index contributed by atoms with van der Waals surface area (Å²) in [6.07, 6.45) is 16.0. The van der Waals surface area contributed by atoms with Crippen LogP contribution >= 0.6 is 0 Å². The molecule has 0 atom stereocenters. The Labute approximate surface area is 68.4 Å². The molecule has 1 heteroatoms. The van der Waals surface area contributed by atoms with Crippen LogP contribution in [0.1, 0.15) is 0 Å². The van der Waals surface area contributed by atoms with Crippen LogP contribution in [0.4, 0.5) is 0 Å². The molecule has 48 valence electrons. The first-order valence-corrected chi connectivity index (χ1v) is 2.67. The molecular formula is C8H8Ru. The maximum atomic E-state index is 2.00. The van der Waals surface area contributed by atoms with Gasteiger partial charge in [-0.25, -0.2) is 0 Å². The van der Waals surface area contributed by atoms with E-state index in [0.29, 0.717) is 0 Å². The summed E-state index contributed by atoms with van der Waals surface area (Å²) in [6, 6.07) is 0. The molecular weight excluding hydrogens is 197 g/mol. The monoisotopic (exact) mass is 206 g/mol. The maximum Gasteiger partial charge on any atom is 0 e. The van der Waals surface area contributed by atoms with E-state index in [2.05, 4.69) is 0 Å². The van der Waals surface area contributed by atoms with E-state index in [1.165, 1.54) is 0 Å². The van der Waals surface area contributed by atoms with E-state index in [4.69, 9.17) is 0 Å². The van der Waals surface area contributed by atoms with E-state index in [9.17, 15) is 0 Å². The van der Waals surface area contributed by atoms with Gasteiger partial charge in [0.05, 0.1) is 0 Å². The van der Waals surface area contributed by atoms with Gasteiger partial charge in [0.2, 0.25) is 0 Å². The zero-order valence-corrected chi connectivity index (χ0v) is 6.71. The predicted molar refractivity (Wildman–Crippen MR) is 36.6 cm³/mol. The van der Waals surface area contributed by atoms with Crippen LogP contribution in [0, 0.1) is 0 Å². The number of hydrogen-bond acceptors (Lipinski definition) is 0. The summed E-state index contributed by atoms with van der Waals surface area (Å²) in [6.45, 7) is 0. The molecule has 1 aliphatic carbocycles. The quantitative estimate of drug-likeness (QED) is 0.532. The first-order chi connectivity index (χ1) is 4.00. The summed E-state index contributed by atoms with van der Waals surface area (Å²) >= 11 is 0. The Morgan fingerprint density at radius 2 is 0.444 bits per heavy atom. The standard InChI is InChI=1S/C8H8.Ru/c1-2-4-6-8-7-5-3-1;/h1-8H;. The summed E-state index contributed by atoms with van der Waals surface area (Å²) in [4.78, 5) is 0. The summed E-state index contributed by atoms with van der Waals surface area (Å²) in [5, 5.41) is 0. The summed E-state index contributed by atoms with van der Waals surface area (Å²) in [5.41, 5.74) is 0. The third-order valence-electron chi connectivity index (χ3n) is 0.889. The molecule has 0 aromatic heterocycles. The third-order valence-corrected chi connectivity index (χ3v) is 0.889. The second-order valence-corrected chi connectivity index (χ2v) is 1.54. The van der Waals surface area contributed by atoms with Gasteiger partial charge in [-0.3, -0.25) is 0 Å². The van der Waals surface area contributed by atoms with Gasteiger partial charge in [-0.2, -0.15) is 0 Å². The molecule has 0 aromatic carbocycles. The van der Waals surface area contributed by atoms with Crippen molar-refractivity contribution in [2.75, 3.05) is 0 Å². The number of allylic oxidation sites excluding steroid dienone is 8. The Morgan fingerprint density at radius 1 is 0.333 bits per heavy atom. The van der Waals surface area contributed by atoms with Crippen LogP contribution in [0.25, 0.3) is 0 Å². The van der Waals surface area contributed by atoms with E-state index >= 15 is 0 Å². The maximum absolute atomic E-state index is 2.00. The minimum absolute atomic E-state index is 0. The van der Waals surface area contributed by atoms with Gasteiger partial charge >= 0.3 is 0 Å². The molecule has 0 aromatic rings. The van der Waals surface area contributed by atoms with Crippen molar-refractivity contribution in [3.63, 3.8) is 0 Å². The van der Waals surface area contributed by atoms with Gasteiger partial charge in [-0.15, -0.1) is 0 Å². The van der Waals surface area contributed by atoms with E-state index in [1.807, 2.05) is 48.6 Å². The van der Waals surface area contributed by atoms with Gasteiger partial charge in [0.25, 0.3) is 0 Å². The molecule has 1 aliphatic rings. The van der Waals surface area contributed by atoms with Gasteiger partial charge in [0.15, 0.2) is 0 Å². The molecule has 0 fully saturated rings. The van der Waals surface area contributed by atoms with Gasteiger partial charge in [-0.05, 0) is 0 Å². The third kappa shape index (κ3) is 4.11. The molecule has 0 heterocycles. The van der Waals surface area contributed by atoms with Crippen molar-refractivity contribution in [1.29, 1.82) is 0 Å². The SMILES string of the molecule is C1=CC=CC=CC=C1.[Ru]. The molecule has 0 spiro atoms. The van der Waals surface area contributed by atoms with Crippen molar-refractivity contribution >= 4 is 0 Å². The number of hydrogen-bond donors (Lipinski definition) is 0. The summed E-state index contributed by atoms with van der Waals surface area (Å²) < 4.78 is 0. The first kappa shape index (κ1) is 8.58. The van der Waals surface area contributed by atoms with Crippen LogP contribution in [0.5, 0.6) is 0 Å². The second kappa shape index (κ2) is 5.72. The summed E-state index contributed by atoms with van der Waals surface area (Å²) in [5.74, 6) is 0. The average Bonchev–Trinajstić information content (AvgIpc) is 1.62. The van der Waals surface area contributed by atoms with Crippen LogP contribution in [0.3, 0.4) is 0 Å². The molecule has 0 amide bonds. The zero-order chi connectivity index (χ0) is 5.66. The van der Waals surface area contributed by atoms with Crippen LogP contribution in [0.2, 0.25) is 0 Å². The first-order valence-electron chi connectivity index (χ1n) is 2.67. The Bertz CT molecular complexity index is 105. The van der Waals surface area contributed by atoms with Gasteiger partial charge in [0.1, 0.15) is 0 Å². The average molecular weight is 205 g/mol. The van der Waals surface area contributed by atoms with Crippen LogP contribution in [-0.2, 0) is 19.5 Å². The van der Waals surface area contributed by atoms with Crippen LogP contribution in [0.15, 0.2) is 48.6 Å². The molecule has 1 rings (SSSR count). The van der Waals surface area contributed by atoms with E-state index in [1.54, 1.807) is 0 Å². The molecule has 0 unspecified atom stereocenters. The Morgan fingerprint density at radius 3 is 0.556 bits per heavy atom. The molecule has 0 nitrogen and oxygen atoms in total. The topological polar surface area (TPSA) is 0 Å². The largest absolute Gasteiger partial charge is 0.0623 e. The normalized spacial score (nSPS) is 14.2. The van der Waals surface area contributed by atoms with Crippen molar-refractivity contribution in [1.82, 2.24) is 0 Å². The zero-order valence-electron chi connectivity index (χ0n) is 4.97. The molecule has 0 saturated carbocycles. The van der Waals surface area contributed by atoms with Gasteiger partial charge in [-0.1, -0.05) is 48.6 Å². The Kier molecular flexibility index (Phi) is 5.45. The van der Waals surface area contributed by atoms with Crippen LogP contribution < -0.4 is 0 Å². The molecule has 0 aliphatic heterocycles. The van der Waals surface area contributed by atoms with Crippen molar-refractivity contribution in [3.05, 3.63) is 48.6 Å². The van der Waals surface area contributed by atoms with Gasteiger partial charge in [0, 0.05) is 19.5 Å². The van der Waals surface area contributed by atoms with Crippen molar-refractivity contribution in [2.45, 2.75) is 0 Å². The van der Waals surface area contributed by atoms with E-state index < -0.39 is 0 Å². The smallest absolute Gasteiger partial charge is 0 e. The van der Waals surface area contributed by atoms with E-state index in [-0.39, 0.29) is 19.5 Å². The fourth-order valence-corrected chi connectivity index (χ4v) is 0.513. The minimum atomic E-state index is 0. The van der Waals surface area contributed by atoms with Crippen molar-refractivity contribution in [3.8, 4) is 0 Å². The molecule has 9 heavy (non-hydrogen) atoms. The molecule has 0 saturated heterocycles. The molecule has 0 radical (unpaired) electrons. The Hall–Kier alpha value is -0.417. The van der Waals surface area contributed by atoms with Crippen molar-refractivity contribution in [2.24, 2.45) is 0 Å². The minimum Gasteiger partial charge on any atom is -0.0623 e. The van der Waals surface area contributed by atoms with Gasteiger partial charge < -0.3 is 0 Å². The van der Waals surface area contributed by atoms with E-state index in [0.717, 1.165) is 0 Å². The Balaban J connectivity index is 0.000000640. The van der Waals surface area contributed by atoms with Crippen LogP contribution in [-0.4, -0.2) is 0 Å². The number of rotatable bonds is 0. The second-order valence-electron chi connectivity index (χ2n) is 1.54. The fourth-order valence-electron chi connectivity index (χ4n) is 0.513. The predicted octanol–water partition coefficient (Wildman–Crippen LogP) is 2.22. The molecule has 0 N–H and O–H groups in total.